The Morgan fingerprint density at radius 2 is 1.87 bits per heavy atom. The van der Waals surface area contributed by atoms with Crippen LogP contribution < -0.4 is 16.0 Å². The van der Waals surface area contributed by atoms with E-state index >= 15 is 0 Å². The molecule has 0 atom stereocenters. The van der Waals surface area contributed by atoms with Crippen LogP contribution in [0.4, 0.5) is 13.2 Å². The third kappa shape index (κ3) is 11.4. The Bertz CT molecular complexity index is 372. The minimum Gasteiger partial charge on any atom is -0.357 e. The van der Waals surface area contributed by atoms with Gasteiger partial charge in [-0.15, -0.1) is 24.0 Å². The van der Waals surface area contributed by atoms with Crippen LogP contribution in [0.1, 0.15) is 45.4 Å². The molecule has 0 spiro atoms. The van der Waals surface area contributed by atoms with Gasteiger partial charge >= 0.3 is 6.18 Å². The van der Waals surface area contributed by atoms with Gasteiger partial charge in [0.05, 0.1) is 13.0 Å². The first-order valence-corrected chi connectivity index (χ1v) is 7.79. The van der Waals surface area contributed by atoms with Crippen LogP contribution in [-0.4, -0.2) is 43.7 Å². The second kappa shape index (κ2) is 11.7. The van der Waals surface area contributed by atoms with E-state index in [4.69, 9.17) is 0 Å². The molecule has 1 rings (SSSR count). The van der Waals surface area contributed by atoms with Gasteiger partial charge in [-0.05, 0) is 19.8 Å². The van der Waals surface area contributed by atoms with E-state index in [0.29, 0.717) is 19.0 Å². The Morgan fingerprint density at radius 3 is 2.43 bits per heavy atom. The number of aliphatic imine (C=N–C) groups is 1. The summed E-state index contributed by atoms with van der Waals surface area (Å²) in [6.45, 7) is 2.39. The number of amides is 1. The molecule has 0 aliphatic heterocycles. The van der Waals surface area contributed by atoms with Crippen molar-refractivity contribution >= 4 is 35.8 Å². The Labute approximate surface area is 152 Å². The van der Waals surface area contributed by atoms with E-state index < -0.39 is 12.6 Å². The zero-order valence-electron chi connectivity index (χ0n) is 13.3. The average molecular weight is 450 g/mol. The smallest absolute Gasteiger partial charge is 0.357 e. The summed E-state index contributed by atoms with van der Waals surface area (Å²) < 4.78 is 36.2. The molecule has 5 nitrogen and oxygen atoms in total. The second-order valence-corrected chi connectivity index (χ2v) is 5.35. The van der Waals surface area contributed by atoms with Crippen LogP contribution in [0.5, 0.6) is 0 Å². The summed E-state index contributed by atoms with van der Waals surface area (Å²) in [6.07, 6.45) is -0.519. The molecule has 0 aromatic carbocycles. The predicted molar refractivity (Wildman–Crippen MR) is 95.1 cm³/mol. The summed E-state index contributed by atoms with van der Waals surface area (Å²) in [5.74, 6) is 0.269. The maximum atomic E-state index is 12.1. The van der Waals surface area contributed by atoms with E-state index in [9.17, 15) is 18.0 Å². The molecule has 0 bridgehead atoms. The molecule has 1 amide bonds. The Kier molecular flexibility index (Phi) is 11.4. The van der Waals surface area contributed by atoms with E-state index in [0.717, 1.165) is 25.7 Å². The number of halogens is 4. The largest absolute Gasteiger partial charge is 0.390 e. The zero-order chi connectivity index (χ0) is 16.4. The highest BCUT2D eigenvalue weighted by Crippen LogP contribution is 2.19. The number of hydrogen-bond acceptors (Lipinski definition) is 2. The Hall–Kier alpha value is -0.740. The Morgan fingerprint density at radius 1 is 1.22 bits per heavy atom. The lowest BCUT2D eigenvalue weighted by Crippen LogP contribution is -2.40. The van der Waals surface area contributed by atoms with Crippen molar-refractivity contribution in [2.75, 3.05) is 19.6 Å². The van der Waals surface area contributed by atoms with Gasteiger partial charge in [-0.3, -0.25) is 9.79 Å². The first kappa shape index (κ1) is 22.3. The quantitative estimate of drug-likeness (QED) is 0.318. The van der Waals surface area contributed by atoms with Gasteiger partial charge in [0, 0.05) is 25.6 Å². The number of nitrogens with zero attached hydrogens (tertiary/aromatic N) is 1. The minimum atomic E-state index is -4.21. The molecule has 1 aliphatic rings. The molecule has 0 radical (unpaired) electrons. The Balaban J connectivity index is 0.00000484. The number of carbonyl (C=O) groups is 1. The summed E-state index contributed by atoms with van der Waals surface area (Å²) in [5.41, 5.74) is 0. The maximum absolute atomic E-state index is 12.1. The van der Waals surface area contributed by atoms with E-state index in [2.05, 4.69) is 20.9 Å². The highest BCUT2D eigenvalue weighted by atomic mass is 127. The number of nitrogens with one attached hydrogen (secondary N) is 3. The summed E-state index contributed by atoms with van der Waals surface area (Å²) in [7, 11) is 0. The zero-order valence-corrected chi connectivity index (χ0v) is 15.7. The van der Waals surface area contributed by atoms with Gasteiger partial charge in [-0.2, -0.15) is 13.2 Å². The topological polar surface area (TPSA) is 65.5 Å². The fraction of sp³-hybridized carbons (Fsp3) is 0.857. The predicted octanol–water partition coefficient (Wildman–Crippen LogP) is 2.56. The average Bonchev–Trinajstić information content (AvgIpc) is 2.90. The van der Waals surface area contributed by atoms with Gasteiger partial charge in [0.15, 0.2) is 5.96 Å². The second-order valence-electron chi connectivity index (χ2n) is 5.35. The summed E-state index contributed by atoms with van der Waals surface area (Å²) in [4.78, 5) is 15.6. The maximum Gasteiger partial charge on any atom is 0.390 e. The van der Waals surface area contributed by atoms with Crippen molar-refractivity contribution < 1.29 is 18.0 Å². The van der Waals surface area contributed by atoms with Crippen LogP contribution >= 0.6 is 24.0 Å². The van der Waals surface area contributed by atoms with Crippen molar-refractivity contribution in [1.82, 2.24) is 16.0 Å². The van der Waals surface area contributed by atoms with Gasteiger partial charge in [-0.1, -0.05) is 12.8 Å². The molecule has 1 saturated carbocycles. The van der Waals surface area contributed by atoms with E-state index in [1.54, 1.807) is 0 Å². The molecule has 3 N–H and O–H groups in total. The molecular weight excluding hydrogens is 424 g/mol. The normalized spacial score (nSPS) is 15.9. The fourth-order valence-electron chi connectivity index (χ4n) is 2.30. The van der Waals surface area contributed by atoms with Crippen LogP contribution in [0.2, 0.25) is 0 Å². The number of rotatable bonds is 7. The van der Waals surface area contributed by atoms with Crippen LogP contribution in [0, 0.1) is 0 Å². The lowest BCUT2D eigenvalue weighted by Gasteiger charge is -2.14. The van der Waals surface area contributed by atoms with Gasteiger partial charge in [0.25, 0.3) is 0 Å². The molecule has 1 aliphatic carbocycles. The van der Waals surface area contributed by atoms with Crippen LogP contribution in [0.25, 0.3) is 0 Å². The molecule has 0 unspecified atom stereocenters. The number of alkyl halides is 3. The highest BCUT2D eigenvalue weighted by Gasteiger charge is 2.26. The summed E-state index contributed by atoms with van der Waals surface area (Å²) in [5, 5.41) is 8.69. The summed E-state index contributed by atoms with van der Waals surface area (Å²) in [6, 6.07) is 0.279. The van der Waals surface area contributed by atoms with Crippen LogP contribution in [0.3, 0.4) is 0 Å². The third-order valence-corrected chi connectivity index (χ3v) is 3.37. The lowest BCUT2D eigenvalue weighted by atomic mass is 10.2. The third-order valence-electron chi connectivity index (χ3n) is 3.37. The van der Waals surface area contributed by atoms with Crippen LogP contribution in [-0.2, 0) is 4.79 Å². The van der Waals surface area contributed by atoms with E-state index in [1.165, 1.54) is 0 Å². The first-order chi connectivity index (χ1) is 10.4. The monoisotopic (exact) mass is 450 g/mol. The molecule has 1 fully saturated rings. The SMILES string of the molecule is CCNC(=NCCC(F)(F)F)NCCC(=O)NC1CCCC1.I. The van der Waals surface area contributed by atoms with Crippen molar-refractivity contribution in [2.24, 2.45) is 4.99 Å². The fourth-order valence-corrected chi connectivity index (χ4v) is 2.30. The van der Waals surface area contributed by atoms with Crippen molar-refractivity contribution in [1.29, 1.82) is 0 Å². The van der Waals surface area contributed by atoms with Gasteiger partial charge in [0.1, 0.15) is 0 Å². The summed E-state index contributed by atoms with van der Waals surface area (Å²) >= 11 is 0. The van der Waals surface area contributed by atoms with Gasteiger partial charge in [-0.25, -0.2) is 0 Å². The molecule has 0 aromatic rings. The van der Waals surface area contributed by atoms with Crippen molar-refractivity contribution in [3.63, 3.8) is 0 Å². The minimum absolute atomic E-state index is 0. The first-order valence-electron chi connectivity index (χ1n) is 7.79. The van der Waals surface area contributed by atoms with Gasteiger partial charge < -0.3 is 16.0 Å². The van der Waals surface area contributed by atoms with E-state index in [-0.39, 0.29) is 48.9 Å². The molecule has 0 saturated heterocycles. The molecular formula is C14H26F3IN4O. The lowest BCUT2D eigenvalue weighted by molar-refractivity contribution is -0.132. The molecule has 9 heteroatoms. The number of hydrogen-bond donors (Lipinski definition) is 3. The number of carbonyl (C=O) groups excluding carboxylic acids is 1. The number of guanidine groups is 1. The standard InChI is InChI=1S/C14H25F3N4O.HI/c1-2-18-13(20-10-8-14(15,16)17)19-9-7-12(22)21-11-5-3-4-6-11;/h11H,2-10H2,1H3,(H,21,22)(H2,18,19,20);1H. The van der Waals surface area contributed by atoms with E-state index in [1.807, 2.05) is 6.92 Å². The van der Waals surface area contributed by atoms with Crippen LogP contribution in [0.15, 0.2) is 4.99 Å². The molecule has 0 heterocycles. The molecule has 136 valence electrons. The molecule has 0 aromatic heterocycles. The van der Waals surface area contributed by atoms with Crippen molar-refractivity contribution in [3.05, 3.63) is 0 Å². The van der Waals surface area contributed by atoms with Crippen molar-refractivity contribution in [3.8, 4) is 0 Å². The molecule has 23 heavy (non-hydrogen) atoms. The van der Waals surface area contributed by atoms with Crippen molar-refractivity contribution in [2.45, 2.75) is 57.7 Å². The van der Waals surface area contributed by atoms with Gasteiger partial charge in [0.2, 0.25) is 5.91 Å². The highest BCUT2D eigenvalue weighted by molar-refractivity contribution is 14.0.